The van der Waals surface area contributed by atoms with Gasteiger partial charge in [0.2, 0.25) is 0 Å². The predicted molar refractivity (Wildman–Crippen MR) is 119 cm³/mol. The second-order valence-electron chi connectivity index (χ2n) is 6.93. The molecule has 0 bridgehead atoms. The van der Waals surface area contributed by atoms with E-state index in [1.54, 1.807) is 0 Å². The van der Waals surface area contributed by atoms with Gasteiger partial charge in [0.1, 0.15) is 0 Å². The van der Waals surface area contributed by atoms with Crippen LogP contribution < -0.4 is 0 Å². The summed E-state index contributed by atoms with van der Waals surface area (Å²) in [6.45, 7) is 9.75. The fraction of sp³-hybridized carbons (Fsp3) is 0.952. The molecular weight excluding hydrogens is 376 g/mol. The second kappa shape index (κ2) is 19.4. The molecule has 0 aliphatic carbocycles. The van der Waals surface area contributed by atoms with Gasteiger partial charge in [0.05, 0.1) is 5.38 Å². The molecule has 0 aliphatic heterocycles. The lowest BCUT2D eigenvalue weighted by Crippen LogP contribution is -2.49. The van der Waals surface area contributed by atoms with Crippen LogP contribution in [0.4, 0.5) is 0 Å². The third kappa shape index (κ3) is 15.7. The zero-order valence-electron chi connectivity index (χ0n) is 18.4. The minimum Gasteiger partial charge on any atom is -0.373 e. The van der Waals surface area contributed by atoms with E-state index in [1.807, 2.05) is 20.8 Å². The van der Waals surface area contributed by atoms with Crippen LogP contribution in [0.1, 0.15) is 105 Å². The summed E-state index contributed by atoms with van der Waals surface area (Å²) in [4.78, 5) is 12.2. The largest absolute Gasteiger partial charge is 0.511 e. The lowest BCUT2D eigenvalue weighted by atomic mass is 10.1. The molecule has 0 saturated carbocycles. The summed E-state index contributed by atoms with van der Waals surface area (Å²) in [5.41, 5.74) is 0. The predicted octanol–water partition coefficient (Wildman–Crippen LogP) is 6.53. The zero-order chi connectivity index (χ0) is 20.2. The Hall–Kier alpha value is 0.117. The second-order valence-corrected chi connectivity index (χ2v) is 11.1. The molecule has 0 unspecified atom stereocenters. The number of hydrogen-bond donors (Lipinski definition) is 0. The maximum atomic E-state index is 12.2. The fourth-order valence-corrected chi connectivity index (χ4v) is 7.29. The van der Waals surface area contributed by atoms with Gasteiger partial charge in [-0.25, -0.2) is 0 Å². The van der Waals surface area contributed by atoms with Crippen molar-refractivity contribution in [2.45, 2.75) is 105 Å². The molecule has 0 atom stereocenters. The molecule has 0 aromatic carbocycles. The first-order valence-corrected chi connectivity index (χ1v) is 14.1. The first-order valence-electron chi connectivity index (χ1n) is 11.2. The minimum atomic E-state index is -2.70. The highest BCUT2D eigenvalue weighted by molar-refractivity contribution is 8.14. The van der Waals surface area contributed by atoms with E-state index in [9.17, 15) is 4.79 Å². The van der Waals surface area contributed by atoms with Crippen LogP contribution >= 0.6 is 11.8 Å². The van der Waals surface area contributed by atoms with Crippen LogP contribution in [0.3, 0.4) is 0 Å². The maximum Gasteiger partial charge on any atom is 0.511 e. The third-order valence-electron chi connectivity index (χ3n) is 4.49. The molecule has 0 saturated heterocycles. The summed E-state index contributed by atoms with van der Waals surface area (Å²) >= 11 is 1.33. The van der Waals surface area contributed by atoms with Gasteiger partial charge in [-0.3, -0.25) is 4.79 Å². The molecule has 4 nitrogen and oxygen atoms in total. The third-order valence-corrected chi connectivity index (χ3v) is 9.19. The SMILES string of the molecule is CCCCCCCCCCCCCC(=O)SC[Si](OCC)(OCC)OCC. The number of carbonyl (C=O) groups is 1. The minimum absolute atomic E-state index is 0.238. The summed E-state index contributed by atoms with van der Waals surface area (Å²) < 4.78 is 17.4. The standard InChI is InChI=1S/C21H44O4SSi/c1-5-9-10-11-12-13-14-15-16-17-18-19-21(22)26-20-27(23-6-2,24-7-3)25-8-4/h5-20H2,1-4H3. The Balaban J connectivity index is 3.74. The van der Waals surface area contributed by atoms with Gasteiger partial charge in [0, 0.05) is 26.2 Å². The van der Waals surface area contributed by atoms with Crippen LogP contribution in [0.25, 0.3) is 0 Å². The quantitative estimate of drug-likeness (QED) is 0.165. The van der Waals surface area contributed by atoms with Crippen molar-refractivity contribution in [3.8, 4) is 0 Å². The summed E-state index contributed by atoms with van der Waals surface area (Å²) in [5.74, 6) is 0. The van der Waals surface area contributed by atoms with Crippen molar-refractivity contribution in [1.29, 1.82) is 0 Å². The fourth-order valence-electron chi connectivity index (χ4n) is 3.08. The van der Waals surface area contributed by atoms with E-state index in [0.29, 0.717) is 31.6 Å². The topological polar surface area (TPSA) is 44.8 Å². The summed E-state index contributed by atoms with van der Waals surface area (Å²) in [5, 5.41) is 0.765. The van der Waals surface area contributed by atoms with Gasteiger partial charge in [-0.1, -0.05) is 82.9 Å². The van der Waals surface area contributed by atoms with Crippen LogP contribution in [0.2, 0.25) is 0 Å². The Bertz CT molecular complexity index is 325. The van der Waals surface area contributed by atoms with Gasteiger partial charge in [-0.2, -0.15) is 0 Å². The van der Waals surface area contributed by atoms with Gasteiger partial charge in [-0.15, -0.1) is 0 Å². The van der Waals surface area contributed by atoms with E-state index in [2.05, 4.69) is 6.92 Å². The first kappa shape index (κ1) is 27.1. The summed E-state index contributed by atoms with van der Waals surface area (Å²) in [6.07, 6.45) is 15.0. The van der Waals surface area contributed by atoms with Gasteiger partial charge in [-0.05, 0) is 27.2 Å². The van der Waals surface area contributed by atoms with Crippen molar-refractivity contribution in [3.05, 3.63) is 0 Å². The van der Waals surface area contributed by atoms with E-state index in [-0.39, 0.29) is 5.12 Å². The Morgan fingerprint density at radius 2 is 1.07 bits per heavy atom. The van der Waals surface area contributed by atoms with E-state index < -0.39 is 8.80 Å². The van der Waals surface area contributed by atoms with Crippen molar-refractivity contribution < 1.29 is 18.1 Å². The number of carbonyl (C=O) groups excluding carboxylic acids is 1. The summed E-state index contributed by atoms with van der Waals surface area (Å²) in [7, 11) is -2.70. The monoisotopic (exact) mass is 420 g/mol. The summed E-state index contributed by atoms with van der Waals surface area (Å²) in [6, 6.07) is 0. The molecule has 0 rings (SSSR count). The smallest absolute Gasteiger partial charge is 0.373 e. The van der Waals surface area contributed by atoms with Crippen LogP contribution in [0, 0.1) is 0 Å². The van der Waals surface area contributed by atoms with E-state index in [1.165, 1.54) is 69.5 Å². The number of thioether (sulfide) groups is 1. The molecular formula is C21H44O4SSi. The van der Waals surface area contributed by atoms with Gasteiger partial charge in [0.25, 0.3) is 0 Å². The van der Waals surface area contributed by atoms with Crippen molar-refractivity contribution in [2.24, 2.45) is 0 Å². The molecule has 0 aromatic rings. The van der Waals surface area contributed by atoms with Crippen LogP contribution in [0.15, 0.2) is 0 Å². The number of unbranched alkanes of at least 4 members (excludes halogenated alkanes) is 10. The maximum absolute atomic E-state index is 12.2. The van der Waals surface area contributed by atoms with Crippen molar-refractivity contribution in [1.82, 2.24) is 0 Å². The molecule has 6 heteroatoms. The van der Waals surface area contributed by atoms with E-state index in [4.69, 9.17) is 13.3 Å². The molecule has 0 heterocycles. The average Bonchev–Trinajstić information content (AvgIpc) is 2.65. The molecule has 0 N–H and O–H groups in total. The highest BCUT2D eigenvalue weighted by Crippen LogP contribution is 2.20. The molecule has 0 aromatic heterocycles. The molecule has 0 aliphatic rings. The molecule has 0 radical (unpaired) electrons. The first-order chi connectivity index (χ1) is 13.1. The number of rotatable bonds is 20. The highest BCUT2D eigenvalue weighted by Gasteiger charge is 2.41. The van der Waals surface area contributed by atoms with Crippen LogP contribution in [-0.2, 0) is 18.1 Å². The Kier molecular flexibility index (Phi) is 19.5. The Morgan fingerprint density at radius 3 is 1.48 bits per heavy atom. The zero-order valence-corrected chi connectivity index (χ0v) is 20.2. The molecule has 0 amide bonds. The van der Waals surface area contributed by atoms with E-state index in [0.717, 1.165) is 12.8 Å². The van der Waals surface area contributed by atoms with Crippen LogP contribution in [0.5, 0.6) is 0 Å². The Morgan fingerprint density at radius 1 is 0.667 bits per heavy atom. The normalized spacial score (nSPS) is 11.9. The molecule has 162 valence electrons. The Labute approximate surface area is 173 Å². The van der Waals surface area contributed by atoms with E-state index >= 15 is 0 Å². The van der Waals surface area contributed by atoms with Gasteiger partial charge >= 0.3 is 8.80 Å². The van der Waals surface area contributed by atoms with Crippen molar-refractivity contribution in [2.75, 3.05) is 25.2 Å². The molecule has 0 fully saturated rings. The van der Waals surface area contributed by atoms with Crippen molar-refractivity contribution >= 4 is 25.7 Å². The average molecular weight is 421 g/mol. The van der Waals surface area contributed by atoms with Crippen molar-refractivity contribution in [3.63, 3.8) is 0 Å². The highest BCUT2D eigenvalue weighted by atomic mass is 32.2. The number of hydrogen-bond acceptors (Lipinski definition) is 5. The lowest BCUT2D eigenvalue weighted by molar-refractivity contribution is -0.111. The van der Waals surface area contributed by atoms with Gasteiger partial charge in [0.15, 0.2) is 5.12 Å². The van der Waals surface area contributed by atoms with Crippen LogP contribution in [-0.4, -0.2) is 39.1 Å². The lowest BCUT2D eigenvalue weighted by Gasteiger charge is -2.27. The molecule has 0 spiro atoms. The van der Waals surface area contributed by atoms with Gasteiger partial charge < -0.3 is 13.3 Å². The molecule has 27 heavy (non-hydrogen) atoms.